The lowest BCUT2D eigenvalue weighted by Gasteiger charge is -2.27. The van der Waals surface area contributed by atoms with Gasteiger partial charge >= 0.3 is 0 Å². The summed E-state index contributed by atoms with van der Waals surface area (Å²) >= 11 is 1.45. The van der Waals surface area contributed by atoms with Crippen LogP contribution >= 0.6 is 11.3 Å². The van der Waals surface area contributed by atoms with Crippen LogP contribution in [-0.4, -0.2) is 49.6 Å². The molecule has 6 nitrogen and oxygen atoms in total. The van der Waals surface area contributed by atoms with Crippen molar-refractivity contribution in [2.45, 2.75) is 20.3 Å². The summed E-state index contributed by atoms with van der Waals surface area (Å²) in [5.74, 6) is 0.558. The summed E-state index contributed by atoms with van der Waals surface area (Å²) in [4.78, 5) is 29.1. The van der Waals surface area contributed by atoms with Crippen LogP contribution in [0.3, 0.4) is 0 Å². The van der Waals surface area contributed by atoms with Crippen LogP contribution in [0.25, 0.3) is 10.4 Å². The first-order valence-electron chi connectivity index (χ1n) is 11.1. The van der Waals surface area contributed by atoms with Crippen molar-refractivity contribution in [1.82, 2.24) is 4.90 Å². The minimum absolute atomic E-state index is 0.0643. The van der Waals surface area contributed by atoms with Crippen molar-refractivity contribution in [3.63, 3.8) is 0 Å². The van der Waals surface area contributed by atoms with Crippen LogP contribution < -0.4 is 10.1 Å². The average Bonchev–Trinajstić information content (AvgIpc) is 3.16. The van der Waals surface area contributed by atoms with Gasteiger partial charge in [0, 0.05) is 18.0 Å². The maximum absolute atomic E-state index is 13.4. The van der Waals surface area contributed by atoms with Gasteiger partial charge in [-0.05, 0) is 42.7 Å². The molecule has 2 aromatic carbocycles. The molecule has 0 aliphatic carbocycles. The Kier molecular flexibility index (Phi) is 7.42. The van der Waals surface area contributed by atoms with E-state index < -0.39 is 0 Å². The van der Waals surface area contributed by atoms with Gasteiger partial charge < -0.3 is 19.7 Å². The van der Waals surface area contributed by atoms with Gasteiger partial charge in [-0.1, -0.05) is 42.5 Å². The maximum atomic E-state index is 13.4. The number of hydrogen-bond donors (Lipinski definition) is 1. The molecule has 1 aliphatic rings. The molecule has 4 rings (SSSR count). The second-order valence-corrected chi connectivity index (χ2v) is 8.85. The van der Waals surface area contributed by atoms with E-state index in [9.17, 15) is 9.59 Å². The van der Waals surface area contributed by atoms with E-state index >= 15 is 0 Å². The maximum Gasteiger partial charge on any atom is 0.257 e. The average molecular weight is 465 g/mol. The number of carbonyl (C=O) groups excluding carboxylic acids is 2. The van der Waals surface area contributed by atoms with Crippen molar-refractivity contribution in [1.29, 1.82) is 0 Å². The second kappa shape index (κ2) is 10.6. The molecule has 2 heterocycles. The minimum Gasteiger partial charge on any atom is -0.494 e. The summed E-state index contributed by atoms with van der Waals surface area (Å²) in [6.07, 6.45) is 0.217. The Balaban J connectivity index is 1.60. The molecule has 0 spiro atoms. The molecule has 1 fully saturated rings. The molecule has 33 heavy (non-hydrogen) atoms. The topological polar surface area (TPSA) is 67.9 Å². The van der Waals surface area contributed by atoms with Crippen molar-refractivity contribution < 1.29 is 19.1 Å². The normalized spacial score (nSPS) is 13.6. The Morgan fingerprint density at radius 3 is 2.42 bits per heavy atom. The van der Waals surface area contributed by atoms with E-state index in [1.54, 1.807) is 4.90 Å². The highest BCUT2D eigenvalue weighted by atomic mass is 32.1. The lowest BCUT2D eigenvalue weighted by molar-refractivity contribution is -0.115. The first-order valence-corrected chi connectivity index (χ1v) is 12.0. The lowest BCUT2D eigenvalue weighted by atomic mass is 10.1. The number of nitrogens with one attached hydrogen (secondary N) is 1. The Morgan fingerprint density at radius 2 is 1.76 bits per heavy atom. The number of amides is 2. The van der Waals surface area contributed by atoms with Gasteiger partial charge in [0.05, 0.1) is 31.8 Å². The van der Waals surface area contributed by atoms with E-state index in [2.05, 4.69) is 5.32 Å². The summed E-state index contributed by atoms with van der Waals surface area (Å²) in [6.45, 7) is 6.64. The summed E-state index contributed by atoms with van der Waals surface area (Å²) in [5, 5.41) is 3.62. The highest BCUT2D eigenvalue weighted by Gasteiger charge is 2.28. The van der Waals surface area contributed by atoms with Gasteiger partial charge in [-0.25, -0.2) is 0 Å². The number of anilines is 1. The molecule has 3 aromatic rings. The van der Waals surface area contributed by atoms with Crippen molar-refractivity contribution in [2.75, 3.05) is 38.2 Å². The molecule has 172 valence electrons. The Morgan fingerprint density at radius 1 is 1.06 bits per heavy atom. The summed E-state index contributed by atoms with van der Waals surface area (Å²) in [5.41, 5.74) is 3.37. The summed E-state index contributed by atoms with van der Waals surface area (Å²) < 4.78 is 10.9. The Bertz CT molecular complexity index is 1100. The highest BCUT2D eigenvalue weighted by Crippen LogP contribution is 2.40. The van der Waals surface area contributed by atoms with Crippen LogP contribution in [0.15, 0.2) is 54.6 Å². The molecule has 2 amide bonds. The first kappa shape index (κ1) is 23.0. The molecule has 1 aromatic heterocycles. The number of thiophene rings is 1. The fraction of sp³-hybridized carbons (Fsp3) is 0.308. The van der Waals surface area contributed by atoms with Gasteiger partial charge in [-0.3, -0.25) is 9.59 Å². The molecule has 7 heteroatoms. The second-order valence-electron chi connectivity index (χ2n) is 7.83. The Labute approximate surface area is 198 Å². The van der Waals surface area contributed by atoms with Crippen LogP contribution in [0.4, 0.5) is 5.00 Å². The molecular formula is C26H28N2O4S. The predicted octanol–water partition coefficient (Wildman–Crippen LogP) is 4.78. The van der Waals surface area contributed by atoms with Crippen molar-refractivity contribution >= 4 is 28.2 Å². The number of carbonyl (C=O) groups is 2. The molecule has 0 saturated carbocycles. The molecule has 0 unspecified atom stereocenters. The standard InChI is InChI=1S/C26H28N2O4S/c1-3-32-21-11-9-19(10-12-21)17-22(29)27-25-23(26(30)28-13-15-31-16-14-28)18(2)24(33-25)20-7-5-4-6-8-20/h4-12H,3,13-17H2,1-2H3,(H,27,29). The van der Waals surface area contributed by atoms with Gasteiger partial charge in [0.2, 0.25) is 5.91 Å². The number of nitrogens with zero attached hydrogens (tertiary/aromatic N) is 1. The van der Waals surface area contributed by atoms with Gasteiger partial charge in [0.25, 0.3) is 5.91 Å². The largest absolute Gasteiger partial charge is 0.494 e. The van der Waals surface area contributed by atoms with Gasteiger partial charge in [-0.2, -0.15) is 0 Å². The number of hydrogen-bond acceptors (Lipinski definition) is 5. The molecule has 0 bridgehead atoms. The van der Waals surface area contributed by atoms with Crippen LogP contribution in [0, 0.1) is 6.92 Å². The third-order valence-electron chi connectivity index (χ3n) is 5.55. The fourth-order valence-electron chi connectivity index (χ4n) is 3.87. The van der Waals surface area contributed by atoms with E-state index in [4.69, 9.17) is 9.47 Å². The van der Waals surface area contributed by atoms with Crippen LogP contribution in [0.5, 0.6) is 5.75 Å². The molecule has 1 aliphatic heterocycles. The summed E-state index contributed by atoms with van der Waals surface area (Å²) in [6, 6.07) is 17.5. The van der Waals surface area contributed by atoms with Gasteiger partial charge in [-0.15, -0.1) is 11.3 Å². The van der Waals surface area contributed by atoms with E-state index in [1.807, 2.05) is 68.4 Å². The summed E-state index contributed by atoms with van der Waals surface area (Å²) in [7, 11) is 0. The van der Waals surface area contributed by atoms with E-state index in [1.165, 1.54) is 11.3 Å². The van der Waals surface area contributed by atoms with E-state index in [0.717, 1.165) is 27.3 Å². The third-order valence-corrected chi connectivity index (χ3v) is 6.80. The zero-order valence-electron chi connectivity index (χ0n) is 18.9. The fourth-order valence-corrected chi connectivity index (χ4v) is 5.10. The minimum atomic E-state index is -0.156. The number of morpholine rings is 1. The third kappa shape index (κ3) is 5.43. The smallest absolute Gasteiger partial charge is 0.257 e. The molecule has 0 atom stereocenters. The van der Waals surface area contributed by atoms with Crippen LogP contribution in [0.1, 0.15) is 28.4 Å². The SMILES string of the molecule is CCOc1ccc(CC(=O)Nc2sc(-c3ccccc3)c(C)c2C(=O)N2CCOCC2)cc1. The lowest BCUT2D eigenvalue weighted by Crippen LogP contribution is -2.41. The number of rotatable bonds is 7. The predicted molar refractivity (Wildman–Crippen MR) is 131 cm³/mol. The molecule has 1 N–H and O–H groups in total. The van der Waals surface area contributed by atoms with Gasteiger partial charge in [0.1, 0.15) is 10.8 Å². The first-order chi connectivity index (χ1) is 16.1. The quantitative estimate of drug-likeness (QED) is 0.547. The van der Waals surface area contributed by atoms with Gasteiger partial charge in [0.15, 0.2) is 0 Å². The van der Waals surface area contributed by atoms with Crippen molar-refractivity contribution in [2.24, 2.45) is 0 Å². The number of benzene rings is 2. The molecule has 0 radical (unpaired) electrons. The molecular weight excluding hydrogens is 436 g/mol. The highest BCUT2D eigenvalue weighted by molar-refractivity contribution is 7.20. The molecule has 1 saturated heterocycles. The van der Waals surface area contributed by atoms with Crippen LogP contribution in [0.2, 0.25) is 0 Å². The zero-order chi connectivity index (χ0) is 23.2. The zero-order valence-corrected chi connectivity index (χ0v) is 19.7. The Hall–Kier alpha value is -3.16. The van der Waals surface area contributed by atoms with Crippen molar-refractivity contribution in [3.05, 3.63) is 71.3 Å². The van der Waals surface area contributed by atoms with E-state index in [-0.39, 0.29) is 18.2 Å². The van der Waals surface area contributed by atoms with Crippen LogP contribution in [-0.2, 0) is 16.0 Å². The monoisotopic (exact) mass is 464 g/mol. The number of ether oxygens (including phenoxy) is 2. The van der Waals surface area contributed by atoms with E-state index in [0.29, 0.717) is 43.5 Å². The van der Waals surface area contributed by atoms with Crippen molar-refractivity contribution in [3.8, 4) is 16.2 Å².